The molecule has 0 unspecified atom stereocenters. The third-order valence-corrected chi connectivity index (χ3v) is 7.69. The molecule has 12 heteroatoms. The Labute approximate surface area is 244 Å². The number of rotatable bonds is 11. The summed E-state index contributed by atoms with van der Waals surface area (Å²) in [6.45, 7) is 0. The Morgan fingerprint density at radius 2 is 1.26 bits per heavy atom. The molecule has 2 bridgehead atoms. The molecule has 228 valence electrons. The number of benzene rings is 2. The fourth-order valence-electron chi connectivity index (χ4n) is 5.61. The van der Waals surface area contributed by atoms with E-state index in [-0.39, 0.29) is 17.6 Å². The predicted octanol–water partition coefficient (Wildman–Crippen LogP) is 2.73. The summed E-state index contributed by atoms with van der Waals surface area (Å²) < 4.78 is 43.6. The molecule has 0 aliphatic carbocycles. The van der Waals surface area contributed by atoms with Crippen molar-refractivity contribution in [1.29, 1.82) is 0 Å². The number of hydrogen-bond acceptors (Lipinski definition) is 12. The van der Waals surface area contributed by atoms with Crippen molar-refractivity contribution < 1.29 is 52.6 Å². The number of carbonyl (C=O) groups is 2. The van der Waals surface area contributed by atoms with Crippen LogP contribution in [-0.4, -0.2) is 102 Å². The molecule has 42 heavy (non-hydrogen) atoms. The van der Waals surface area contributed by atoms with E-state index in [0.717, 1.165) is 0 Å². The normalized spacial score (nSPS) is 23.3. The van der Waals surface area contributed by atoms with Crippen LogP contribution in [0.4, 0.5) is 0 Å². The van der Waals surface area contributed by atoms with Crippen LogP contribution < -0.4 is 28.4 Å². The molecule has 1 N–H and O–H groups in total. The maximum atomic E-state index is 13.2. The van der Waals surface area contributed by atoms with Crippen LogP contribution in [0, 0.1) is 0 Å². The molecule has 2 heterocycles. The minimum absolute atomic E-state index is 0.181. The first kappa shape index (κ1) is 30.8. The summed E-state index contributed by atoms with van der Waals surface area (Å²) in [6.07, 6.45) is 1.39. The molecule has 5 atom stereocenters. The minimum atomic E-state index is -0.968. The molecule has 2 aliphatic rings. The molecule has 2 aromatic carbocycles. The SMILES string of the molecule is COc1cc(/C=C/C(=O)O[C@H]2C[C@@H]3[C@@H](OC(=O)c4cc(OC)c(OC)c(OC)c4)[C@@H](O)[C@H](C2)N3C)cc(OC)c1OC. The summed E-state index contributed by atoms with van der Waals surface area (Å²) in [5, 5.41) is 11.1. The zero-order valence-electron chi connectivity index (χ0n) is 24.7. The van der Waals surface area contributed by atoms with Crippen LogP contribution >= 0.6 is 0 Å². The number of fused-ring (bicyclic) bond motifs is 2. The second-order valence-electron chi connectivity index (χ2n) is 9.90. The van der Waals surface area contributed by atoms with E-state index >= 15 is 0 Å². The van der Waals surface area contributed by atoms with Crippen LogP contribution in [0.3, 0.4) is 0 Å². The highest BCUT2D eigenvalue weighted by atomic mass is 16.6. The van der Waals surface area contributed by atoms with Gasteiger partial charge in [-0.2, -0.15) is 0 Å². The number of methoxy groups -OCH3 is 6. The molecule has 2 aromatic rings. The van der Waals surface area contributed by atoms with Crippen molar-refractivity contribution in [3.63, 3.8) is 0 Å². The Balaban J connectivity index is 1.44. The number of aliphatic hydroxyl groups is 1. The summed E-state index contributed by atoms with van der Waals surface area (Å²) in [7, 11) is 10.8. The van der Waals surface area contributed by atoms with Crippen molar-refractivity contribution in [1.82, 2.24) is 4.90 Å². The van der Waals surface area contributed by atoms with Gasteiger partial charge in [0.25, 0.3) is 0 Å². The summed E-state index contributed by atoms with van der Waals surface area (Å²) in [5.41, 5.74) is 0.833. The van der Waals surface area contributed by atoms with Crippen molar-refractivity contribution in [3.8, 4) is 34.5 Å². The second-order valence-corrected chi connectivity index (χ2v) is 9.90. The van der Waals surface area contributed by atoms with Gasteiger partial charge in [0.1, 0.15) is 18.3 Å². The van der Waals surface area contributed by atoms with E-state index in [4.69, 9.17) is 37.9 Å². The van der Waals surface area contributed by atoms with E-state index in [9.17, 15) is 14.7 Å². The average Bonchev–Trinajstić information content (AvgIpc) is 3.12. The molecule has 12 nitrogen and oxygen atoms in total. The van der Waals surface area contributed by atoms with Crippen LogP contribution in [0.1, 0.15) is 28.8 Å². The molecule has 0 aromatic heterocycles. The number of piperidine rings is 1. The van der Waals surface area contributed by atoms with Gasteiger partial charge in [0.15, 0.2) is 23.0 Å². The maximum Gasteiger partial charge on any atom is 0.338 e. The van der Waals surface area contributed by atoms with Gasteiger partial charge in [-0.1, -0.05) is 0 Å². The highest BCUT2D eigenvalue weighted by Gasteiger charge is 2.54. The van der Waals surface area contributed by atoms with Crippen molar-refractivity contribution in [2.24, 2.45) is 0 Å². The van der Waals surface area contributed by atoms with Crippen LogP contribution in [0.15, 0.2) is 30.3 Å². The van der Waals surface area contributed by atoms with E-state index in [0.29, 0.717) is 52.9 Å². The Bertz CT molecular complexity index is 1280. The molecular weight excluding hydrogens is 550 g/mol. The molecule has 0 spiro atoms. The topological polar surface area (TPSA) is 131 Å². The zero-order chi connectivity index (χ0) is 30.6. The molecular formula is C30H37NO11. The molecule has 2 aliphatic heterocycles. The van der Waals surface area contributed by atoms with Gasteiger partial charge in [-0.15, -0.1) is 0 Å². The van der Waals surface area contributed by atoms with E-state index in [1.54, 1.807) is 18.2 Å². The molecule has 0 amide bonds. The fraction of sp³-hybridized carbons (Fsp3) is 0.467. The molecule has 4 rings (SSSR count). The zero-order valence-corrected chi connectivity index (χ0v) is 24.7. The van der Waals surface area contributed by atoms with Crippen molar-refractivity contribution >= 4 is 18.0 Å². The van der Waals surface area contributed by atoms with E-state index in [1.165, 1.54) is 60.9 Å². The smallest absolute Gasteiger partial charge is 0.338 e. The first-order valence-electron chi connectivity index (χ1n) is 13.3. The molecule has 2 fully saturated rings. The number of hydrogen-bond donors (Lipinski definition) is 1. The third-order valence-electron chi connectivity index (χ3n) is 7.69. The van der Waals surface area contributed by atoms with Crippen LogP contribution in [0.2, 0.25) is 0 Å². The number of carbonyl (C=O) groups excluding carboxylic acids is 2. The lowest BCUT2D eigenvalue weighted by molar-refractivity contribution is -0.146. The summed E-state index contributed by atoms with van der Waals surface area (Å²) >= 11 is 0. The van der Waals surface area contributed by atoms with Crippen molar-refractivity contribution in [3.05, 3.63) is 41.5 Å². The van der Waals surface area contributed by atoms with E-state index < -0.39 is 30.3 Å². The third kappa shape index (κ3) is 6.04. The summed E-state index contributed by atoms with van der Waals surface area (Å²) in [4.78, 5) is 27.9. The van der Waals surface area contributed by atoms with Gasteiger partial charge in [-0.25, -0.2) is 9.59 Å². The van der Waals surface area contributed by atoms with Crippen molar-refractivity contribution in [2.45, 2.75) is 43.2 Å². The van der Waals surface area contributed by atoms with E-state index in [2.05, 4.69) is 0 Å². The van der Waals surface area contributed by atoms with Gasteiger partial charge in [0, 0.05) is 25.0 Å². The van der Waals surface area contributed by atoms with Gasteiger partial charge < -0.3 is 43.0 Å². The molecule has 2 saturated heterocycles. The number of nitrogens with zero attached hydrogens (tertiary/aromatic N) is 1. The standard InChI is InChI=1S/C30H37NO11/c1-31-19-14-18(41-25(32)9-8-16-10-21(35-2)28(39-6)22(11-16)36-3)15-20(31)27(26(19)33)42-30(34)17-12-23(37-4)29(40-7)24(13-17)38-5/h8-13,18-20,26-27,33H,14-15H2,1-7H3/b9-8+/t18-,19+,20-,26+,27-/m1/s1. The average molecular weight is 588 g/mol. The highest BCUT2D eigenvalue weighted by molar-refractivity contribution is 5.91. The predicted molar refractivity (Wildman–Crippen MR) is 151 cm³/mol. The van der Waals surface area contributed by atoms with Gasteiger partial charge in [-0.3, -0.25) is 4.90 Å². The fourth-order valence-corrected chi connectivity index (χ4v) is 5.61. The van der Waals surface area contributed by atoms with Crippen LogP contribution in [0.25, 0.3) is 6.08 Å². The first-order valence-corrected chi connectivity index (χ1v) is 13.3. The Morgan fingerprint density at radius 1 is 0.762 bits per heavy atom. The van der Waals surface area contributed by atoms with Gasteiger partial charge in [0.2, 0.25) is 11.5 Å². The number of ether oxygens (including phenoxy) is 8. The molecule has 0 radical (unpaired) electrons. The van der Waals surface area contributed by atoms with Gasteiger partial charge in [-0.05, 0) is 43.0 Å². The maximum absolute atomic E-state index is 13.2. The first-order chi connectivity index (χ1) is 20.2. The highest BCUT2D eigenvalue weighted by Crippen LogP contribution is 2.41. The Kier molecular flexibility index (Phi) is 9.69. The van der Waals surface area contributed by atoms with Crippen molar-refractivity contribution in [2.75, 3.05) is 49.7 Å². The number of likely N-dealkylation sites (N-methyl/N-ethyl adjacent to an activating group) is 1. The lowest BCUT2D eigenvalue weighted by atomic mass is 10.00. The monoisotopic (exact) mass is 587 g/mol. The second kappa shape index (κ2) is 13.2. The Hall–Kier alpha value is -4.16. The Morgan fingerprint density at radius 3 is 1.76 bits per heavy atom. The molecule has 0 saturated carbocycles. The number of esters is 2. The summed E-state index contributed by atoms with van der Waals surface area (Å²) in [6, 6.07) is 5.69. The number of aliphatic hydroxyl groups excluding tert-OH is 1. The lowest BCUT2D eigenvalue weighted by Crippen LogP contribution is -2.46. The minimum Gasteiger partial charge on any atom is -0.493 e. The largest absolute Gasteiger partial charge is 0.493 e. The quantitative estimate of drug-likeness (QED) is 0.306. The summed E-state index contributed by atoms with van der Waals surface area (Å²) in [5.74, 6) is 1.11. The van der Waals surface area contributed by atoms with Gasteiger partial charge >= 0.3 is 11.9 Å². The van der Waals surface area contributed by atoms with Gasteiger partial charge in [0.05, 0.1) is 54.3 Å². The van der Waals surface area contributed by atoms with Crippen LogP contribution in [0.5, 0.6) is 34.5 Å². The lowest BCUT2D eigenvalue weighted by Gasteiger charge is -2.35. The van der Waals surface area contributed by atoms with Crippen LogP contribution in [-0.2, 0) is 14.3 Å². The van der Waals surface area contributed by atoms with E-state index in [1.807, 2.05) is 11.9 Å².